The molecule has 0 spiro atoms. The molecule has 10 heavy (non-hydrogen) atoms. The Labute approximate surface area is 67.1 Å². The second-order valence-electron chi connectivity index (χ2n) is 1.82. The van der Waals surface area contributed by atoms with Crippen molar-refractivity contribution >= 4 is 17.3 Å². The lowest BCUT2D eigenvalue weighted by atomic mass is 10.3. The maximum atomic E-state index is 5.50. The zero-order valence-corrected chi connectivity index (χ0v) is 7.20. The van der Waals surface area contributed by atoms with Crippen molar-refractivity contribution in [3.05, 3.63) is 11.8 Å². The second kappa shape index (κ2) is 5.23. The number of ether oxygens (including phenoxy) is 1. The van der Waals surface area contributed by atoms with Crippen LogP contribution >= 0.6 is 12.2 Å². The first-order chi connectivity index (χ1) is 4.70. The lowest BCUT2D eigenvalue weighted by Gasteiger charge is -1.99. The highest BCUT2D eigenvalue weighted by molar-refractivity contribution is 7.80. The molecule has 0 atom stereocenters. The smallest absolute Gasteiger partial charge is 0.185 e. The first kappa shape index (κ1) is 9.43. The summed E-state index contributed by atoms with van der Waals surface area (Å²) in [6.07, 6.45) is 2.49. The van der Waals surface area contributed by atoms with E-state index in [1.54, 1.807) is 6.08 Å². The maximum Gasteiger partial charge on any atom is 0.185 e. The Morgan fingerprint density at radius 1 is 1.60 bits per heavy atom. The minimum absolute atomic E-state index is 0.474. The van der Waals surface area contributed by atoms with Crippen LogP contribution in [0.3, 0.4) is 0 Å². The van der Waals surface area contributed by atoms with Crippen LogP contribution in [-0.4, -0.2) is 11.7 Å². The molecule has 0 heterocycles. The zero-order chi connectivity index (χ0) is 7.98. The third-order valence-electron chi connectivity index (χ3n) is 0.998. The van der Waals surface area contributed by atoms with Gasteiger partial charge in [-0.25, -0.2) is 0 Å². The van der Waals surface area contributed by atoms with E-state index in [9.17, 15) is 0 Å². The summed E-state index contributed by atoms with van der Waals surface area (Å²) in [6.45, 7) is 4.47. The molecule has 58 valence electrons. The minimum Gasteiger partial charge on any atom is -0.484 e. The molecule has 0 saturated heterocycles. The van der Waals surface area contributed by atoms with Gasteiger partial charge in [0.15, 0.2) is 5.05 Å². The largest absolute Gasteiger partial charge is 0.484 e. The summed E-state index contributed by atoms with van der Waals surface area (Å²) in [4.78, 5) is 0. The maximum absolute atomic E-state index is 5.50. The van der Waals surface area contributed by atoms with Gasteiger partial charge in [-0.05, 0) is 25.6 Å². The fraction of sp³-hybridized carbons (Fsp3) is 0.571. The van der Waals surface area contributed by atoms with Crippen molar-refractivity contribution < 1.29 is 4.74 Å². The topological polar surface area (TPSA) is 35.2 Å². The second-order valence-corrected chi connectivity index (χ2v) is 2.23. The third-order valence-corrected chi connectivity index (χ3v) is 1.23. The molecule has 0 fully saturated rings. The van der Waals surface area contributed by atoms with Crippen LogP contribution < -0.4 is 5.73 Å². The summed E-state index contributed by atoms with van der Waals surface area (Å²) in [5.74, 6) is 0. The lowest BCUT2D eigenvalue weighted by molar-refractivity contribution is 0.339. The van der Waals surface area contributed by atoms with Gasteiger partial charge in [-0.3, -0.25) is 0 Å². The number of hydrogen-bond donors (Lipinski definition) is 1. The number of thiocarbonyl (C=S) groups is 1. The van der Waals surface area contributed by atoms with Crippen LogP contribution in [0, 0.1) is 0 Å². The molecule has 0 amide bonds. The summed E-state index contributed by atoms with van der Waals surface area (Å²) in [6, 6.07) is 0. The van der Waals surface area contributed by atoms with Gasteiger partial charge in [0.2, 0.25) is 0 Å². The van der Waals surface area contributed by atoms with Crippen molar-refractivity contribution in [2.75, 3.05) is 6.61 Å². The van der Waals surface area contributed by atoms with Crippen molar-refractivity contribution in [3.63, 3.8) is 0 Å². The van der Waals surface area contributed by atoms with Crippen molar-refractivity contribution in [1.82, 2.24) is 0 Å². The molecular weight excluding hydrogens is 146 g/mol. The predicted octanol–water partition coefficient (Wildman–Crippen LogP) is 1.60. The van der Waals surface area contributed by atoms with Gasteiger partial charge in [0, 0.05) is 11.8 Å². The summed E-state index contributed by atoms with van der Waals surface area (Å²) in [7, 11) is 0. The molecule has 0 aromatic heterocycles. The highest BCUT2D eigenvalue weighted by Crippen LogP contribution is 1.93. The minimum atomic E-state index is 0.474. The average molecular weight is 159 g/mol. The first-order valence-electron chi connectivity index (χ1n) is 3.33. The Morgan fingerprint density at radius 3 is 2.60 bits per heavy atom. The van der Waals surface area contributed by atoms with Crippen LogP contribution in [0.2, 0.25) is 0 Å². The molecule has 0 aliphatic heterocycles. The molecule has 2 nitrogen and oxygen atoms in total. The van der Waals surface area contributed by atoms with Crippen molar-refractivity contribution in [2.45, 2.75) is 20.3 Å². The molecule has 0 aromatic rings. The summed E-state index contributed by atoms with van der Waals surface area (Å²) in [5.41, 5.74) is 6.26. The van der Waals surface area contributed by atoms with E-state index in [1.165, 1.54) is 0 Å². The molecule has 0 aliphatic rings. The van der Waals surface area contributed by atoms with Crippen molar-refractivity contribution in [1.29, 1.82) is 0 Å². The average Bonchev–Trinajstić information content (AvgIpc) is 1.88. The lowest BCUT2D eigenvalue weighted by Crippen LogP contribution is -2.02. The molecule has 0 aliphatic carbocycles. The van der Waals surface area contributed by atoms with Gasteiger partial charge in [-0.1, -0.05) is 6.92 Å². The number of allylic oxidation sites excluding steroid dienone is 1. The third kappa shape index (κ3) is 4.32. The Kier molecular flexibility index (Phi) is 4.94. The molecular formula is C7H13NOS. The summed E-state index contributed by atoms with van der Waals surface area (Å²) < 4.78 is 4.99. The molecule has 0 rings (SSSR count). The van der Waals surface area contributed by atoms with Crippen LogP contribution in [0.25, 0.3) is 0 Å². The molecule has 0 bridgehead atoms. The van der Waals surface area contributed by atoms with Gasteiger partial charge in [0.1, 0.15) is 0 Å². The van der Waals surface area contributed by atoms with Crippen LogP contribution in [-0.2, 0) is 4.74 Å². The SMILES string of the molecule is CCOC(=S)C=C(N)CC. The summed E-state index contributed by atoms with van der Waals surface area (Å²) >= 11 is 4.82. The fourth-order valence-electron chi connectivity index (χ4n) is 0.437. The Bertz CT molecular complexity index is 143. The quantitative estimate of drug-likeness (QED) is 0.502. The van der Waals surface area contributed by atoms with E-state index in [4.69, 9.17) is 22.7 Å². The number of rotatable bonds is 3. The van der Waals surface area contributed by atoms with E-state index in [-0.39, 0.29) is 0 Å². The highest BCUT2D eigenvalue weighted by Gasteiger charge is 1.90. The normalized spacial score (nSPS) is 11.2. The summed E-state index contributed by atoms with van der Waals surface area (Å²) in [5, 5.41) is 0.474. The van der Waals surface area contributed by atoms with Crippen LogP contribution in [0.4, 0.5) is 0 Å². The van der Waals surface area contributed by atoms with Gasteiger partial charge in [-0.2, -0.15) is 0 Å². The molecule has 0 unspecified atom stereocenters. The van der Waals surface area contributed by atoms with Gasteiger partial charge in [-0.15, -0.1) is 0 Å². The van der Waals surface area contributed by atoms with Crippen LogP contribution in [0.1, 0.15) is 20.3 Å². The van der Waals surface area contributed by atoms with E-state index in [2.05, 4.69) is 0 Å². The van der Waals surface area contributed by atoms with E-state index in [1.807, 2.05) is 13.8 Å². The Balaban J connectivity index is 3.75. The van der Waals surface area contributed by atoms with Crippen LogP contribution in [0.5, 0.6) is 0 Å². The van der Waals surface area contributed by atoms with E-state index < -0.39 is 0 Å². The van der Waals surface area contributed by atoms with Crippen molar-refractivity contribution in [3.8, 4) is 0 Å². The molecule has 0 saturated carbocycles. The Hall–Kier alpha value is -0.570. The first-order valence-corrected chi connectivity index (χ1v) is 3.74. The monoisotopic (exact) mass is 159 g/mol. The van der Waals surface area contributed by atoms with Crippen LogP contribution in [0.15, 0.2) is 11.8 Å². The van der Waals surface area contributed by atoms with Gasteiger partial charge < -0.3 is 10.5 Å². The standard InChI is InChI=1S/C7H13NOS/c1-3-6(8)5-7(10)9-4-2/h5H,3-4,8H2,1-2H3. The van der Waals surface area contributed by atoms with Gasteiger partial charge >= 0.3 is 0 Å². The highest BCUT2D eigenvalue weighted by atomic mass is 32.1. The molecule has 0 aromatic carbocycles. The predicted molar refractivity (Wildman–Crippen MR) is 46.8 cm³/mol. The number of hydrogen-bond acceptors (Lipinski definition) is 3. The number of nitrogens with two attached hydrogens (primary N) is 1. The molecule has 0 radical (unpaired) electrons. The van der Waals surface area contributed by atoms with Crippen molar-refractivity contribution in [2.24, 2.45) is 5.73 Å². The molecule has 2 N–H and O–H groups in total. The fourth-order valence-corrected chi connectivity index (χ4v) is 0.707. The Morgan fingerprint density at radius 2 is 2.20 bits per heavy atom. The molecule has 3 heteroatoms. The van der Waals surface area contributed by atoms with E-state index in [0.717, 1.165) is 12.1 Å². The zero-order valence-electron chi connectivity index (χ0n) is 6.39. The van der Waals surface area contributed by atoms with E-state index in [0.29, 0.717) is 11.7 Å². The van der Waals surface area contributed by atoms with Gasteiger partial charge in [0.05, 0.1) is 6.61 Å². The van der Waals surface area contributed by atoms with Gasteiger partial charge in [0.25, 0.3) is 0 Å². The van der Waals surface area contributed by atoms with E-state index >= 15 is 0 Å².